The van der Waals surface area contributed by atoms with Gasteiger partial charge in [0.15, 0.2) is 0 Å². The Balaban J connectivity index is 1.26. The zero-order chi connectivity index (χ0) is 23.5. The van der Waals surface area contributed by atoms with E-state index in [9.17, 15) is 4.79 Å². The number of hydrogen-bond acceptors (Lipinski definition) is 5. The highest BCUT2D eigenvalue weighted by Gasteiger charge is 2.11. The van der Waals surface area contributed by atoms with E-state index in [2.05, 4.69) is 65.0 Å². The van der Waals surface area contributed by atoms with Gasteiger partial charge in [0.1, 0.15) is 5.75 Å². The first kappa shape index (κ1) is 21.9. The predicted molar refractivity (Wildman–Crippen MR) is 140 cm³/mol. The molecule has 1 amide bonds. The highest BCUT2D eigenvalue weighted by atomic mass is 32.1. The minimum atomic E-state index is -0.0140. The zero-order valence-corrected chi connectivity index (χ0v) is 19.9. The quantitative estimate of drug-likeness (QED) is 0.265. The summed E-state index contributed by atoms with van der Waals surface area (Å²) in [4.78, 5) is 15.8. The minimum absolute atomic E-state index is 0.0140. The molecule has 6 heteroatoms. The maximum Gasteiger partial charge on any atom is 0.279 e. The molecule has 0 aliphatic carbocycles. The number of anilines is 2. The molecule has 5 rings (SSSR count). The van der Waals surface area contributed by atoms with E-state index < -0.39 is 0 Å². The van der Waals surface area contributed by atoms with Crippen LogP contribution >= 0.6 is 11.3 Å². The molecule has 1 unspecified atom stereocenters. The van der Waals surface area contributed by atoms with Crippen LogP contribution < -0.4 is 15.4 Å². The van der Waals surface area contributed by atoms with Crippen molar-refractivity contribution in [1.82, 2.24) is 10.3 Å². The molecule has 0 aliphatic rings. The van der Waals surface area contributed by atoms with Gasteiger partial charge in [-0.15, -0.1) is 0 Å². The standard InChI is InChI=1S/C28H25N3O2S/c1-18(17-29-19(2)32)21-8-14-26-27(16-21)34-28(31-26)33-25-12-10-23(11-13-25)30-24-9-7-20-5-3-4-6-22(20)15-24/h3-16,18,30H,17H2,1-2H3,(H,29,32). The third kappa shape index (κ3) is 5.02. The molecule has 1 atom stereocenters. The lowest BCUT2D eigenvalue weighted by Crippen LogP contribution is -2.24. The van der Waals surface area contributed by atoms with Crippen LogP contribution in [-0.4, -0.2) is 17.4 Å². The van der Waals surface area contributed by atoms with Crippen LogP contribution in [0, 0.1) is 0 Å². The fraction of sp³-hybridized carbons (Fsp3) is 0.143. The van der Waals surface area contributed by atoms with Gasteiger partial charge in [-0.2, -0.15) is 0 Å². The van der Waals surface area contributed by atoms with Crippen LogP contribution in [0.3, 0.4) is 0 Å². The fourth-order valence-electron chi connectivity index (χ4n) is 3.83. The first-order valence-electron chi connectivity index (χ1n) is 11.2. The number of carbonyl (C=O) groups excluding carboxylic acids is 1. The lowest BCUT2D eigenvalue weighted by atomic mass is 10.0. The molecule has 5 nitrogen and oxygen atoms in total. The van der Waals surface area contributed by atoms with Gasteiger partial charge in [-0.25, -0.2) is 4.98 Å². The van der Waals surface area contributed by atoms with Crippen LogP contribution in [0.15, 0.2) is 84.9 Å². The number of amides is 1. The van der Waals surface area contributed by atoms with Crippen molar-refractivity contribution in [3.8, 4) is 10.9 Å². The maximum atomic E-state index is 11.2. The summed E-state index contributed by atoms with van der Waals surface area (Å²) in [7, 11) is 0. The molecule has 4 aromatic carbocycles. The Morgan fingerprint density at radius 1 is 0.941 bits per heavy atom. The molecule has 1 aromatic heterocycles. The summed E-state index contributed by atoms with van der Waals surface area (Å²) in [5, 5.41) is 9.36. The van der Waals surface area contributed by atoms with Gasteiger partial charge < -0.3 is 15.4 Å². The fourth-order valence-corrected chi connectivity index (χ4v) is 4.71. The lowest BCUT2D eigenvalue weighted by molar-refractivity contribution is -0.119. The average molecular weight is 468 g/mol. The molecule has 2 N–H and O–H groups in total. The summed E-state index contributed by atoms with van der Waals surface area (Å²) < 4.78 is 7.09. The zero-order valence-electron chi connectivity index (χ0n) is 19.0. The summed E-state index contributed by atoms with van der Waals surface area (Å²) in [5.41, 5.74) is 4.11. The van der Waals surface area contributed by atoms with E-state index in [1.54, 1.807) is 0 Å². The van der Waals surface area contributed by atoms with Gasteiger partial charge in [0.05, 0.1) is 10.2 Å². The van der Waals surface area contributed by atoms with E-state index in [0.717, 1.165) is 27.3 Å². The molecule has 1 heterocycles. The molecule has 0 fully saturated rings. The molecular weight excluding hydrogens is 442 g/mol. The summed E-state index contributed by atoms with van der Waals surface area (Å²) in [6.07, 6.45) is 0. The SMILES string of the molecule is CC(=O)NCC(C)c1ccc2nc(Oc3ccc(Nc4ccc5ccccc5c4)cc3)sc2c1. The highest BCUT2D eigenvalue weighted by molar-refractivity contribution is 7.20. The van der Waals surface area contributed by atoms with E-state index >= 15 is 0 Å². The van der Waals surface area contributed by atoms with Crippen molar-refractivity contribution >= 4 is 49.6 Å². The van der Waals surface area contributed by atoms with Crippen molar-refractivity contribution < 1.29 is 9.53 Å². The Morgan fingerprint density at radius 3 is 2.50 bits per heavy atom. The van der Waals surface area contributed by atoms with Crippen LogP contribution in [0.2, 0.25) is 0 Å². The average Bonchev–Trinajstić information content (AvgIpc) is 3.25. The molecular formula is C28H25N3O2S. The Kier molecular flexibility index (Phi) is 6.14. The van der Waals surface area contributed by atoms with Crippen LogP contribution in [0.25, 0.3) is 21.0 Å². The Hall–Kier alpha value is -3.90. The maximum absolute atomic E-state index is 11.2. The predicted octanol–water partition coefficient (Wildman–Crippen LogP) is 7.23. The first-order valence-corrected chi connectivity index (χ1v) is 12.0. The summed E-state index contributed by atoms with van der Waals surface area (Å²) >= 11 is 1.52. The topological polar surface area (TPSA) is 63.2 Å². The molecule has 34 heavy (non-hydrogen) atoms. The highest BCUT2D eigenvalue weighted by Crippen LogP contribution is 2.33. The van der Waals surface area contributed by atoms with Crippen LogP contribution in [0.1, 0.15) is 25.3 Å². The molecule has 0 saturated heterocycles. The monoisotopic (exact) mass is 467 g/mol. The van der Waals surface area contributed by atoms with Gasteiger partial charge >= 0.3 is 0 Å². The summed E-state index contributed by atoms with van der Waals surface area (Å²) in [6.45, 7) is 4.25. The molecule has 0 aliphatic heterocycles. The summed E-state index contributed by atoms with van der Waals surface area (Å²) in [6, 6.07) is 28.7. The smallest absolute Gasteiger partial charge is 0.279 e. The Bertz CT molecular complexity index is 1460. The van der Waals surface area contributed by atoms with E-state index in [4.69, 9.17) is 4.74 Å². The molecule has 0 saturated carbocycles. The number of fused-ring (bicyclic) bond motifs is 2. The van der Waals surface area contributed by atoms with Crippen molar-refractivity contribution in [2.24, 2.45) is 0 Å². The van der Waals surface area contributed by atoms with Gasteiger partial charge in [-0.05, 0) is 70.8 Å². The molecule has 0 bridgehead atoms. The van der Waals surface area contributed by atoms with Crippen LogP contribution in [0.5, 0.6) is 10.9 Å². The third-order valence-electron chi connectivity index (χ3n) is 5.72. The van der Waals surface area contributed by atoms with Crippen molar-refractivity contribution in [3.05, 3.63) is 90.5 Å². The summed E-state index contributed by atoms with van der Waals surface area (Å²) in [5.74, 6) is 0.949. The number of nitrogens with one attached hydrogen (secondary N) is 2. The number of ether oxygens (including phenoxy) is 1. The minimum Gasteiger partial charge on any atom is -0.431 e. The van der Waals surface area contributed by atoms with Crippen molar-refractivity contribution in [3.63, 3.8) is 0 Å². The van der Waals surface area contributed by atoms with Gasteiger partial charge in [0.25, 0.3) is 5.19 Å². The molecule has 5 aromatic rings. The van der Waals surface area contributed by atoms with E-state index in [0.29, 0.717) is 11.7 Å². The Morgan fingerprint density at radius 2 is 1.71 bits per heavy atom. The van der Waals surface area contributed by atoms with Crippen LogP contribution in [-0.2, 0) is 4.79 Å². The second-order valence-electron chi connectivity index (χ2n) is 8.36. The van der Waals surface area contributed by atoms with Gasteiger partial charge in [-0.1, -0.05) is 54.7 Å². The molecule has 170 valence electrons. The van der Waals surface area contributed by atoms with Crippen molar-refractivity contribution in [2.45, 2.75) is 19.8 Å². The number of thiazole rings is 1. The normalized spacial score (nSPS) is 11.9. The lowest BCUT2D eigenvalue weighted by Gasteiger charge is -2.11. The van der Waals surface area contributed by atoms with Crippen LogP contribution in [0.4, 0.5) is 11.4 Å². The van der Waals surface area contributed by atoms with Gasteiger partial charge in [0, 0.05) is 24.8 Å². The van der Waals surface area contributed by atoms with Crippen molar-refractivity contribution in [1.29, 1.82) is 0 Å². The van der Waals surface area contributed by atoms with E-state index in [-0.39, 0.29) is 11.8 Å². The number of nitrogens with zero attached hydrogens (tertiary/aromatic N) is 1. The van der Waals surface area contributed by atoms with Gasteiger partial charge in [-0.3, -0.25) is 4.79 Å². The second kappa shape index (κ2) is 9.53. The first-order chi connectivity index (χ1) is 16.5. The number of rotatable bonds is 7. The van der Waals surface area contributed by atoms with E-state index in [1.165, 1.54) is 34.6 Å². The third-order valence-corrected chi connectivity index (χ3v) is 6.61. The number of carbonyl (C=O) groups is 1. The number of aromatic nitrogens is 1. The number of hydrogen-bond donors (Lipinski definition) is 2. The molecule has 0 spiro atoms. The Labute approximate surface area is 202 Å². The van der Waals surface area contributed by atoms with E-state index in [1.807, 2.05) is 42.5 Å². The number of benzene rings is 4. The van der Waals surface area contributed by atoms with Gasteiger partial charge in [0.2, 0.25) is 5.91 Å². The van der Waals surface area contributed by atoms with Crippen molar-refractivity contribution in [2.75, 3.05) is 11.9 Å². The molecule has 0 radical (unpaired) electrons. The second-order valence-corrected chi connectivity index (χ2v) is 9.35. The largest absolute Gasteiger partial charge is 0.431 e.